The van der Waals surface area contributed by atoms with Crippen molar-refractivity contribution in [1.29, 1.82) is 0 Å². The summed E-state index contributed by atoms with van der Waals surface area (Å²) in [7, 11) is 0. The summed E-state index contributed by atoms with van der Waals surface area (Å²) in [5.74, 6) is -1.24. The van der Waals surface area contributed by atoms with Gasteiger partial charge in [-0.2, -0.15) is 0 Å². The van der Waals surface area contributed by atoms with Crippen molar-refractivity contribution in [1.82, 2.24) is 5.32 Å². The third kappa shape index (κ3) is 5.70. The van der Waals surface area contributed by atoms with Crippen molar-refractivity contribution < 1.29 is 19.0 Å². The van der Waals surface area contributed by atoms with Crippen LogP contribution in [0.2, 0.25) is 0 Å². The Morgan fingerprint density at radius 2 is 2.16 bits per heavy atom. The van der Waals surface area contributed by atoms with Crippen molar-refractivity contribution in [3.8, 4) is 5.75 Å². The largest absolute Gasteiger partial charge is 0.507 e. The molecule has 0 aliphatic heterocycles. The van der Waals surface area contributed by atoms with Gasteiger partial charge in [0.25, 0.3) is 5.91 Å². The van der Waals surface area contributed by atoms with Crippen LogP contribution in [-0.4, -0.2) is 30.3 Å². The summed E-state index contributed by atoms with van der Waals surface area (Å²) in [6, 6.07) is 3.29. The summed E-state index contributed by atoms with van der Waals surface area (Å²) in [5, 5.41) is 12.1. The molecule has 0 aromatic heterocycles. The molecular weight excluding hydrogens is 249 g/mol. The Kier molecular flexibility index (Phi) is 6.29. The van der Waals surface area contributed by atoms with Crippen molar-refractivity contribution in [3.63, 3.8) is 0 Å². The van der Waals surface area contributed by atoms with Gasteiger partial charge in [-0.1, -0.05) is 0 Å². The highest BCUT2D eigenvalue weighted by Crippen LogP contribution is 2.17. The molecule has 0 fully saturated rings. The van der Waals surface area contributed by atoms with Crippen molar-refractivity contribution in [2.75, 3.05) is 13.2 Å². The van der Waals surface area contributed by atoms with Crippen LogP contribution in [0.5, 0.6) is 5.75 Å². The fourth-order valence-electron chi connectivity index (χ4n) is 1.53. The maximum Gasteiger partial charge on any atom is 0.255 e. The zero-order chi connectivity index (χ0) is 14.3. The molecule has 0 unspecified atom stereocenters. The number of halogens is 1. The first-order valence-electron chi connectivity index (χ1n) is 6.39. The standard InChI is InChI=1S/C14H20FNO3/c1-10(2)19-8-4-3-7-16-14(18)12-9-11(15)5-6-13(12)17/h5-6,9-10,17H,3-4,7-8H2,1-2H3,(H,16,18). The number of phenols is 1. The molecule has 4 nitrogen and oxygen atoms in total. The number of aromatic hydroxyl groups is 1. The van der Waals surface area contributed by atoms with E-state index in [-0.39, 0.29) is 17.4 Å². The van der Waals surface area contributed by atoms with Gasteiger partial charge in [0.1, 0.15) is 11.6 Å². The van der Waals surface area contributed by atoms with Crippen LogP contribution in [-0.2, 0) is 4.74 Å². The molecule has 2 N–H and O–H groups in total. The van der Waals surface area contributed by atoms with E-state index in [1.807, 2.05) is 13.8 Å². The van der Waals surface area contributed by atoms with Gasteiger partial charge in [-0.05, 0) is 44.9 Å². The average Bonchev–Trinajstić information content (AvgIpc) is 2.36. The molecule has 1 amide bonds. The minimum absolute atomic E-state index is 0.0431. The summed E-state index contributed by atoms with van der Waals surface area (Å²) in [6.07, 6.45) is 1.82. The van der Waals surface area contributed by atoms with Crippen LogP contribution in [0.4, 0.5) is 4.39 Å². The van der Waals surface area contributed by atoms with E-state index in [0.29, 0.717) is 13.2 Å². The van der Waals surface area contributed by atoms with Crippen LogP contribution in [0.15, 0.2) is 18.2 Å². The normalized spacial score (nSPS) is 10.7. The number of ether oxygens (including phenoxy) is 1. The summed E-state index contributed by atoms with van der Waals surface area (Å²) in [5.41, 5.74) is -0.0431. The molecule has 19 heavy (non-hydrogen) atoms. The molecule has 1 rings (SSSR count). The van der Waals surface area contributed by atoms with Crippen molar-refractivity contribution in [2.24, 2.45) is 0 Å². The van der Waals surface area contributed by atoms with E-state index >= 15 is 0 Å². The molecule has 1 aromatic rings. The molecule has 1 aromatic carbocycles. The maximum atomic E-state index is 13.0. The molecule has 5 heteroatoms. The lowest BCUT2D eigenvalue weighted by Gasteiger charge is -2.08. The summed E-state index contributed by atoms with van der Waals surface area (Å²) < 4.78 is 18.3. The van der Waals surface area contributed by atoms with Gasteiger partial charge in [0.2, 0.25) is 0 Å². The smallest absolute Gasteiger partial charge is 0.255 e. The second-order valence-electron chi connectivity index (χ2n) is 4.54. The van der Waals surface area contributed by atoms with Crippen molar-refractivity contribution in [3.05, 3.63) is 29.6 Å². The van der Waals surface area contributed by atoms with E-state index in [1.165, 1.54) is 6.07 Å². The van der Waals surface area contributed by atoms with E-state index in [4.69, 9.17) is 4.74 Å². The van der Waals surface area contributed by atoms with Gasteiger partial charge in [0, 0.05) is 13.2 Å². The van der Waals surface area contributed by atoms with Gasteiger partial charge in [-0.3, -0.25) is 4.79 Å². The fraction of sp³-hybridized carbons (Fsp3) is 0.500. The van der Waals surface area contributed by atoms with E-state index in [0.717, 1.165) is 25.0 Å². The fourth-order valence-corrected chi connectivity index (χ4v) is 1.53. The lowest BCUT2D eigenvalue weighted by atomic mass is 10.2. The van der Waals surface area contributed by atoms with E-state index in [1.54, 1.807) is 0 Å². The molecular formula is C14H20FNO3. The van der Waals surface area contributed by atoms with Crippen molar-refractivity contribution >= 4 is 5.91 Å². The Morgan fingerprint density at radius 3 is 2.84 bits per heavy atom. The second kappa shape index (κ2) is 7.74. The Bertz CT molecular complexity index is 421. The summed E-state index contributed by atoms with van der Waals surface area (Å²) in [6.45, 7) is 5.05. The zero-order valence-corrected chi connectivity index (χ0v) is 11.3. The quantitative estimate of drug-likeness (QED) is 0.748. The van der Waals surface area contributed by atoms with E-state index < -0.39 is 11.7 Å². The number of carbonyl (C=O) groups excluding carboxylic acids is 1. The molecule has 0 bridgehead atoms. The Labute approximate surface area is 112 Å². The number of rotatable bonds is 7. The number of benzene rings is 1. The Morgan fingerprint density at radius 1 is 1.42 bits per heavy atom. The molecule has 0 heterocycles. The van der Waals surface area contributed by atoms with Crippen LogP contribution >= 0.6 is 0 Å². The predicted octanol–water partition coefficient (Wildman–Crippen LogP) is 2.47. The Hall–Kier alpha value is -1.62. The van der Waals surface area contributed by atoms with Crippen LogP contribution in [0.3, 0.4) is 0 Å². The number of amides is 1. The van der Waals surface area contributed by atoms with Crippen molar-refractivity contribution in [2.45, 2.75) is 32.8 Å². The van der Waals surface area contributed by atoms with E-state index in [2.05, 4.69) is 5.32 Å². The third-order valence-corrected chi connectivity index (χ3v) is 2.51. The zero-order valence-electron chi connectivity index (χ0n) is 11.3. The molecule has 0 radical (unpaired) electrons. The first-order chi connectivity index (χ1) is 9.00. The molecule has 0 aliphatic carbocycles. The molecule has 0 spiro atoms. The van der Waals surface area contributed by atoms with Crippen LogP contribution in [0.1, 0.15) is 37.0 Å². The molecule has 0 saturated carbocycles. The first kappa shape index (κ1) is 15.4. The van der Waals surface area contributed by atoms with E-state index in [9.17, 15) is 14.3 Å². The average molecular weight is 269 g/mol. The highest BCUT2D eigenvalue weighted by molar-refractivity contribution is 5.96. The van der Waals surface area contributed by atoms with Crippen LogP contribution in [0.25, 0.3) is 0 Å². The minimum Gasteiger partial charge on any atom is -0.507 e. The number of unbranched alkanes of at least 4 members (excludes halogenated alkanes) is 1. The topological polar surface area (TPSA) is 58.6 Å². The summed E-state index contributed by atoms with van der Waals surface area (Å²) in [4.78, 5) is 11.7. The monoisotopic (exact) mass is 269 g/mol. The number of phenolic OH excluding ortho intramolecular Hbond substituents is 1. The molecule has 0 aliphatic rings. The molecule has 0 atom stereocenters. The van der Waals surface area contributed by atoms with Crippen LogP contribution < -0.4 is 5.32 Å². The van der Waals surface area contributed by atoms with Gasteiger partial charge in [-0.15, -0.1) is 0 Å². The number of hydrogen-bond acceptors (Lipinski definition) is 3. The lowest BCUT2D eigenvalue weighted by molar-refractivity contribution is 0.0754. The van der Waals surface area contributed by atoms with Gasteiger partial charge in [0.15, 0.2) is 0 Å². The second-order valence-corrected chi connectivity index (χ2v) is 4.54. The predicted molar refractivity (Wildman–Crippen MR) is 70.7 cm³/mol. The summed E-state index contributed by atoms with van der Waals surface area (Å²) >= 11 is 0. The minimum atomic E-state index is -0.548. The SMILES string of the molecule is CC(C)OCCCCNC(=O)c1cc(F)ccc1O. The number of nitrogens with one attached hydrogen (secondary N) is 1. The lowest BCUT2D eigenvalue weighted by Crippen LogP contribution is -2.25. The number of carbonyl (C=O) groups is 1. The molecule has 106 valence electrons. The van der Waals surface area contributed by atoms with Gasteiger partial charge < -0.3 is 15.2 Å². The first-order valence-corrected chi connectivity index (χ1v) is 6.39. The van der Waals surface area contributed by atoms with Gasteiger partial charge in [0.05, 0.1) is 11.7 Å². The third-order valence-electron chi connectivity index (χ3n) is 2.51. The van der Waals surface area contributed by atoms with Gasteiger partial charge >= 0.3 is 0 Å². The Balaban J connectivity index is 2.29. The highest BCUT2D eigenvalue weighted by Gasteiger charge is 2.11. The number of hydrogen-bond donors (Lipinski definition) is 2. The highest BCUT2D eigenvalue weighted by atomic mass is 19.1. The maximum absolute atomic E-state index is 13.0. The van der Waals surface area contributed by atoms with Crippen LogP contribution in [0, 0.1) is 5.82 Å². The van der Waals surface area contributed by atoms with Gasteiger partial charge in [-0.25, -0.2) is 4.39 Å². The molecule has 0 saturated heterocycles.